The number of hydrogen-bond donors (Lipinski definition) is 1. The van der Waals surface area contributed by atoms with Crippen molar-refractivity contribution >= 4 is 22.5 Å². The lowest BCUT2D eigenvalue weighted by molar-refractivity contribution is 0.0949. The van der Waals surface area contributed by atoms with E-state index < -0.39 is 0 Å². The molecule has 1 aromatic carbocycles. The van der Waals surface area contributed by atoms with Crippen molar-refractivity contribution in [1.82, 2.24) is 19.7 Å². The maximum Gasteiger partial charge on any atom is 0.253 e. The van der Waals surface area contributed by atoms with E-state index in [-0.39, 0.29) is 5.91 Å². The lowest BCUT2D eigenvalue weighted by atomic mass is 10.1. The number of carbonyl (C=O) groups is 1. The van der Waals surface area contributed by atoms with E-state index in [2.05, 4.69) is 15.3 Å². The van der Waals surface area contributed by atoms with Crippen LogP contribution in [0.15, 0.2) is 54.9 Å². The summed E-state index contributed by atoms with van der Waals surface area (Å²) in [4.78, 5) is 21.7. The molecule has 0 aliphatic heterocycles. The Morgan fingerprint density at radius 3 is 2.88 bits per heavy atom. The highest BCUT2D eigenvalue weighted by atomic mass is 16.5. The van der Waals surface area contributed by atoms with Gasteiger partial charge in [0.1, 0.15) is 11.4 Å². The summed E-state index contributed by atoms with van der Waals surface area (Å²) in [6.45, 7) is 2.19. The van der Waals surface area contributed by atoms with Crippen LogP contribution in [0.2, 0.25) is 0 Å². The molecule has 4 aromatic rings. The van der Waals surface area contributed by atoms with Crippen molar-refractivity contribution in [2.45, 2.75) is 13.5 Å². The largest absolute Gasteiger partial charge is 0.497 e. The summed E-state index contributed by atoms with van der Waals surface area (Å²) >= 11 is 0. The van der Waals surface area contributed by atoms with Crippen molar-refractivity contribution in [1.29, 1.82) is 0 Å². The zero-order valence-electron chi connectivity index (χ0n) is 14.6. The van der Waals surface area contributed by atoms with E-state index in [0.717, 1.165) is 28.0 Å². The second kappa shape index (κ2) is 6.48. The predicted molar refractivity (Wildman–Crippen MR) is 99.4 cm³/mol. The summed E-state index contributed by atoms with van der Waals surface area (Å²) in [5.74, 6) is 0.566. The summed E-state index contributed by atoms with van der Waals surface area (Å²) < 4.78 is 7.18. The van der Waals surface area contributed by atoms with Crippen molar-refractivity contribution in [3.8, 4) is 5.75 Å². The molecule has 0 aliphatic rings. The van der Waals surface area contributed by atoms with Gasteiger partial charge in [-0.2, -0.15) is 0 Å². The van der Waals surface area contributed by atoms with Gasteiger partial charge in [-0.05, 0) is 43.3 Å². The molecule has 0 aliphatic carbocycles. The second-order valence-electron chi connectivity index (χ2n) is 6.06. The van der Waals surface area contributed by atoms with Gasteiger partial charge >= 0.3 is 0 Å². The predicted octanol–water partition coefficient (Wildman–Crippen LogP) is 3.13. The monoisotopic (exact) mass is 346 g/mol. The first-order chi connectivity index (χ1) is 12.6. The van der Waals surface area contributed by atoms with Gasteiger partial charge in [0.2, 0.25) is 0 Å². The third-order valence-corrected chi connectivity index (χ3v) is 4.30. The fourth-order valence-corrected chi connectivity index (χ4v) is 2.95. The molecule has 0 bridgehead atoms. The van der Waals surface area contributed by atoms with E-state index in [1.807, 2.05) is 66.2 Å². The molecule has 0 spiro atoms. The number of pyridine rings is 2. The highest BCUT2D eigenvalue weighted by molar-refractivity contribution is 5.98. The normalized spacial score (nSPS) is 11.0. The number of carbonyl (C=O) groups excluding carboxylic acids is 1. The number of rotatable bonds is 4. The van der Waals surface area contributed by atoms with Crippen LogP contribution in [-0.2, 0) is 6.54 Å². The molecule has 4 rings (SSSR count). The number of amides is 1. The minimum atomic E-state index is -0.170. The molecular weight excluding hydrogens is 328 g/mol. The standard InChI is InChI=1S/C20H18N4O2/c1-13-17(10-14-9-16(26-2)6-7-18(14)22-13)20(25)21-11-15-12-24-8-4-3-5-19(24)23-15/h3-10,12H,11H2,1-2H3,(H,21,25). The van der Waals surface area contributed by atoms with Crippen molar-refractivity contribution in [2.75, 3.05) is 7.11 Å². The van der Waals surface area contributed by atoms with Gasteiger partial charge in [-0.3, -0.25) is 9.78 Å². The minimum absolute atomic E-state index is 0.170. The average molecular weight is 346 g/mol. The van der Waals surface area contributed by atoms with E-state index >= 15 is 0 Å². The summed E-state index contributed by atoms with van der Waals surface area (Å²) in [5.41, 5.74) is 3.73. The maximum absolute atomic E-state index is 12.6. The SMILES string of the molecule is COc1ccc2nc(C)c(C(=O)NCc3cn4ccccc4n3)cc2c1. The van der Waals surface area contributed by atoms with Crippen LogP contribution in [0.25, 0.3) is 16.6 Å². The summed E-state index contributed by atoms with van der Waals surface area (Å²) in [5, 5.41) is 3.79. The minimum Gasteiger partial charge on any atom is -0.497 e. The number of aromatic nitrogens is 3. The molecule has 0 fully saturated rings. The summed E-state index contributed by atoms with van der Waals surface area (Å²) in [6, 6.07) is 13.3. The Morgan fingerprint density at radius 2 is 2.08 bits per heavy atom. The number of hydrogen-bond acceptors (Lipinski definition) is 4. The molecule has 0 saturated carbocycles. The molecule has 1 N–H and O–H groups in total. The number of ether oxygens (including phenoxy) is 1. The Labute approximate surface area is 150 Å². The fourth-order valence-electron chi connectivity index (χ4n) is 2.95. The molecule has 0 saturated heterocycles. The molecule has 6 nitrogen and oxygen atoms in total. The van der Waals surface area contributed by atoms with Crippen LogP contribution in [0, 0.1) is 6.92 Å². The number of methoxy groups -OCH3 is 1. The molecule has 0 radical (unpaired) electrons. The molecular formula is C20H18N4O2. The smallest absolute Gasteiger partial charge is 0.253 e. The number of nitrogens with zero attached hydrogens (tertiary/aromatic N) is 3. The lowest BCUT2D eigenvalue weighted by Crippen LogP contribution is -2.24. The molecule has 3 heterocycles. The van der Waals surface area contributed by atoms with E-state index in [1.54, 1.807) is 7.11 Å². The third kappa shape index (κ3) is 2.97. The molecule has 0 atom stereocenters. The van der Waals surface area contributed by atoms with E-state index in [0.29, 0.717) is 17.8 Å². The topological polar surface area (TPSA) is 68.5 Å². The third-order valence-electron chi connectivity index (χ3n) is 4.30. The van der Waals surface area contributed by atoms with Crippen LogP contribution >= 0.6 is 0 Å². The van der Waals surface area contributed by atoms with Gasteiger partial charge in [-0.25, -0.2) is 4.98 Å². The lowest BCUT2D eigenvalue weighted by Gasteiger charge is -2.09. The van der Waals surface area contributed by atoms with E-state index in [4.69, 9.17) is 4.74 Å². The van der Waals surface area contributed by atoms with Crippen LogP contribution < -0.4 is 10.1 Å². The highest BCUT2D eigenvalue weighted by Crippen LogP contribution is 2.22. The number of nitrogens with one attached hydrogen (secondary N) is 1. The van der Waals surface area contributed by atoms with Gasteiger partial charge in [-0.1, -0.05) is 6.07 Å². The number of aryl methyl sites for hydroxylation is 1. The van der Waals surface area contributed by atoms with Gasteiger partial charge < -0.3 is 14.5 Å². The zero-order chi connectivity index (χ0) is 18.1. The van der Waals surface area contributed by atoms with E-state index in [9.17, 15) is 4.79 Å². The van der Waals surface area contributed by atoms with Crippen molar-refractivity contribution in [3.05, 3.63) is 71.8 Å². The second-order valence-corrected chi connectivity index (χ2v) is 6.06. The fraction of sp³-hybridized carbons (Fsp3) is 0.150. The van der Waals surface area contributed by atoms with Crippen molar-refractivity contribution < 1.29 is 9.53 Å². The molecule has 1 amide bonds. The van der Waals surface area contributed by atoms with Gasteiger partial charge in [0.05, 0.1) is 36.1 Å². The summed E-state index contributed by atoms with van der Waals surface area (Å²) in [6.07, 6.45) is 3.84. The van der Waals surface area contributed by atoms with Crippen molar-refractivity contribution in [2.24, 2.45) is 0 Å². The molecule has 130 valence electrons. The first-order valence-corrected chi connectivity index (χ1v) is 8.30. The Bertz CT molecular complexity index is 1080. The van der Waals surface area contributed by atoms with Crippen LogP contribution in [-0.4, -0.2) is 27.4 Å². The summed E-state index contributed by atoms with van der Waals surface area (Å²) in [7, 11) is 1.62. The van der Waals surface area contributed by atoms with E-state index in [1.165, 1.54) is 0 Å². The maximum atomic E-state index is 12.6. The first kappa shape index (κ1) is 16.1. The first-order valence-electron chi connectivity index (χ1n) is 8.30. The molecule has 3 aromatic heterocycles. The Hall–Kier alpha value is -3.41. The zero-order valence-corrected chi connectivity index (χ0v) is 14.6. The molecule has 0 unspecified atom stereocenters. The number of imidazole rings is 1. The van der Waals surface area contributed by atoms with Crippen LogP contribution in [0.5, 0.6) is 5.75 Å². The van der Waals surface area contributed by atoms with Crippen LogP contribution in [0.4, 0.5) is 0 Å². The Morgan fingerprint density at radius 1 is 1.19 bits per heavy atom. The highest BCUT2D eigenvalue weighted by Gasteiger charge is 2.13. The number of benzene rings is 1. The Balaban J connectivity index is 1.57. The quantitative estimate of drug-likeness (QED) is 0.616. The molecule has 6 heteroatoms. The number of fused-ring (bicyclic) bond motifs is 2. The van der Waals surface area contributed by atoms with Gasteiger partial charge in [0.25, 0.3) is 5.91 Å². The average Bonchev–Trinajstić information content (AvgIpc) is 3.08. The molecule has 26 heavy (non-hydrogen) atoms. The van der Waals surface area contributed by atoms with Crippen molar-refractivity contribution in [3.63, 3.8) is 0 Å². The van der Waals surface area contributed by atoms with Gasteiger partial charge in [0.15, 0.2) is 0 Å². The van der Waals surface area contributed by atoms with Gasteiger partial charge in [0, 0.05) is 17.8 Å². The van der Waals surface area contributed by atoms with Crippen LogP contribution in [0.1, 0.15) is 21.7 Å². The van der Waals surface area contributed by atoms with Crippen LogP contribution in [0.3, 0.4) is 0 Å². The van der Waals surface area contributed by atoms with Gasteiger partial charge in [-0.15, -0.1) is 0 Å². The Kier molecular flexibility index (Phi) is 4.01.